The van der Waals surface area contributed by atoms with E-state index in [0.717, 1.165) is 11.2 Å². The highest BCUT2D eigenvalue weighted by atomic mass is 79.9. The average Bonchev–Trinajstić information content (AvgIpc) is 2.08. The van der Waals surface area contributed by atoms with E-state index in [9.17, 15) is 0 Å². The van der Waals surface area contributed by atoms with Crippen molar-refractivity contribution in [3.63, 3.8) is 0 Å². The molecular formula is C11H19Br3. The molecule has 0 aromatic carbocycles. The van der Waals surface area contributed by atoms with Crippen LogP contribution in [0.4, 0.5) is 0 Å². The third-order valence-corrected chi connectivity index (χ3v) is 8.26. The van der Waals surface area contributed by atoms with Gasteiger partial charge in [-0.3, -0.25) is 0 Å². The maximum Gasteiger partial charge on any atom is 0.0479 e. The van der Waals surface area contributed by atoms with Crippen LogP contribution in [0, 0.1) is 11.3 Å². The molecule has 1 aliphatic carbocycles. The van der Waals surface area contributed by atoms with Gasteiger partial charge >= 0.3 is 0 Å². The Morgan fingerprint density at radius 2 is 1.93 bits per heavy atom. The van der Waals surface area contributed by atoms with Crippen LogP contribution in [0.15, 0.2) is 0 Å². The fraction of sp³-hybridized carbons (Fsp3) is 1.00. The standard InChI is InChI=1S/C11H19Br3/c1-10(2,3)8-4-5-11(14,7-12)9(13)6-8/h8-9H,4-7H2,1-3H3/t8-,9+,11-/m0/s1. The van der Waals surface area contributed by atoms with E-state index in [1.54, 1.807) is 0 Å². The van der Waals surface area contributed by atoms with Gasteiger partial charge in [0.05, 0.1) is 0 Å². The van der Waals surface area contributed by atoms with Crippen LogP contribution in [-0.4, -0.2) is 14.5 Å². The number of rotatable bonds is 1. The van der Waals surface area contributed by atoms with E-state index in [1.807, 2.05) is 0 Å². The zero-order valence-electron chi connectivity index (χ0n) is 9.12. The Morgan fingerprint density at radius 1 is 1.36 bits per heavy atom. The van der Waals surface area contributed by atoms with E-state index in [1.165, 1.54) is 19.3 Å². The quantitative estimate of drug-likeness (QED) is 0.545. The fourth-order valence-electron chi connectivity index (χ4n) is 2.09. The van der Waals surface area contributed by atoms with Gasteiger partial charge in [-0.05, 0) is 30.6 Å². The molecule has 3 atom stereocenters. The van der Waals surface area contributed by atoms with Gasteiger partial charge in [-0.25, -0.2) is 0 Å². The van der Waals surface area contributed by atoms with Gasteiger partial charge in [-0.1, -0.05) is 68.6 Å². The molecule has 1 rings (SSSR count). The molecule has 0 bridgehead atoms. The van der Waals surface area contributed by atoms with Crippen molar-refractivity contribution in [2.45, 2.75) is 49.2 Å². The third kappa shape index (κ3) is 2.98. The molecule has 14 heavy (non-hydrogen) atoms. The molecule has 0 spiro atoms. The van der Waals surface area contributed by atoms with Crippen LogP contribution < -0.4 is 0 Å². The second kappa shape index (κ2) is 4.75. The summed E-state index contributed by atoms with van der Waals surface area (Å²) < 4.78 is 0.273. The van der Waals surface area contributed by atoms with Crippen LogP contribution >= 0.6 is 47.8 Å². The highest BCUT2D eigenvalue weighted by Crippen LogP contribution is 2.48. The molecule has 84 valence electrons. The molecule has 0 heterocycles. The first-order chi connectivity index (χ1) is 6.29. The minimum Gasteiger partial charge on any atom is -0.0912 e. The first kappa shape index (κ1) is 13.5. The lowest BCUT2D eigenvalue weighted by molar-refractivity contribution is 0.173. The summed E-state index contributed by atoms with van der Waals surface area (Å²) in [5.41, 5.74) is 0.451. The van der Waals surface area contributed by atoms with E-state index in [4.69, 9.17) is 0 Å². The van der Waals surface area contributed by atoms with Crippen LogP contribution in [0.25, 0.3) is 0 Å². The summed E-state index contributed by atoms with van der Waals surface area (Å²) in [5, 5.41) is 1.03. The molecule has 0 unspecified atom stereocenters. The minimum absolute atomic E-state index is 0.273. The van der Waals surface area contributed by atoms with Crippen LogP contribution in [0.5, 0.6) is 0 Å². The lowest BCUT2D eigenvalue weighted by Crippen LogP contribution is -2.42. The SMILES string of the molecule is CC(C)(C)[C@H]1CC[C@](Br)(CBr)[C@H](Br)C1. The molecule has 0 aliphatic heterocycles. The average molecular weight is 391 g/mol. The normalized spacial score (nSPS) is 39.9. The van der Waals surface area contributed by atoms with Crippen molar-refractivity contribution in [3.05, 3.63) is 0 Å². The number of alkyl halides is 3. The van der Waals surface area contributed by atoms with Crippen molar-refractivity contribution >= 4 is 47.8 Å². The van der Waals surface area contributed by atoms with Crippen molar-refractivity contribution in [3.8, 4) is 0 Å². The lowest BCUT2D eigenvalue weighted by Gasteiger charge is -2.43. The summed E-state index contributed by atoms with van der Waals surface area (Å²) in [5.74, 6) is 0.844. The van der Waals surface area contributed by atoms with Crippen LogP contribution in [0.2, 0.25) is 0 Å². The van der Waals surface area contributed by atoms with Crippen molar-refractivity contribution in [2.75, 3.05) is 5.33 Å². The van der Waals surface area contributed by atoms with Gasteiger partial charge in [0, 0.05) is 14.5 Å². The molecule has 0 aromatic heterocycles. The summed E-state index contributed by atoms with van der Waals surface area (Å²) in [7, 11) is 0. The Kier molecular flexibility index (Phi) is 4.58. The van der Waals surface area contributed by atoms with Crippen LogP contribution in [0.1, 0.15) is 40.0 Å². The van der Waals surface area contributed by atoms with Gasteiger partial charge in [-0.15, -0.1) is 0 Å². The molecule has 0 amide bonds. The fourth-order valence-corrected chi connectivity index (χ4v) is 4.45. The molecule has 0 N–H and O–H groups in total. The van der Waals surface area contributed by atoms with Gasteiger partial charge in [0.25, 0.3) is 0 Å². The smallest absolute Gasteiger partial charge is 0.0479 e. The molecule has 3 heteroatoms. The van der Waals surface area contributed by atoms with E-state index in [0.29, 0.717) is 10.2 Å². The monoisotopic (exact) mass is 388 g/mol. The minimum atomic E-state index is 0.273. The Labute approximate surface area is 113 Å². The number of hydrogen-bond donors (Lipinski definition) is 0. The third-order valence-electron chi connectivity index (χ3n) is 3.41. The molecule has 0 aromatic rings. The topological polar surface area (TPSA) is 0 Å². The van der Waals surface area contributed by atoms with E-state index in [2.05, 4.69) is 68.6 Å². The Hall–Kier alpha value is 1.44. The maximum atomic E-state index is 3.86. The summed E-state index contributed by atoms with van der Waals surface area (Å²) >= 11 is 11.3. The maximum absolute atomic E-state index is 3.86. The highest BCUT2D eigenvalue weighted by molar-refractivity contribution is 9.14. The molecule has 0 radical (unpaired) electrons. The Bertz CT molecular complexity index is 197. The lowest BCUT2D eigenvalue weighted by atomic mass is 9.70. The number of hydrogen-bond acceptors (Lipinski definition) is 0. The summed E-state index contributed by atoms with van der Waals surface area (Å²) in [6, 6.07) is 0. The predicted octanol–water partition coefficient (Wildman–Crippen LogP) is 5.12. The molecule has 0 saturated heterocycles. The Morgan fingerprint density at radius 3 is 2.29 bits per heavy atom. The molecule has 0 nitrogen and oxygen atoms in total. The van der Waals surface area contributed by atoms with Gasteiger partial charge in [0.1, 0.15) is 0 Å². The summed E-state index contributed by atoms with van der Waals surface area (Å²) in [6.45, 7) is 7.06. The highest BCUT2D eigenvalue weighted by Gasteiger charge is 2.42. The van der Waals surface area contributed by atoms with Gasteiger partial charge in [-0.2, -0.15) is 0 Å². The second-order valence-electron chi connectivity index (χ2n) is 5.47. The van der Waals surface area contributed by atoms with Crippen molar-refractivity contribution in [2.24, 2.45) is 11.3 Å². The van der Waals surface area contributed by atoms with Gasteiger partial charge in [0.15, 0.2) is 0 Å². The molecule has 1 fully saturated rings. The van der Waals surface area contributed by atoms with Crippen LogP contribution in [0.3, 0.4) is 0 Å². The van der Waals surface area contributed by atoms with Crippen LogP contribution in [-0.2, 0) is 0 Å². The van der Waals surface area contributed by atoms with Gasteiger partial charge < -0.3 is 0 Å². The zero-order valence-corrected chi connectivity index (χ0v) is 13.9. The largest absolute Gasteiger partial charge is 0.0912 e. The summed E-state index contributed by atoms with van der Waals surface area (Å²) in [4.78, 5) is 0.590. The molecule has 1 aliphatic rings. The van der Waals surface area contributed by atoms with Crippen molar-refractivity contribution in [1.29, 1.82) is 0 Å². The molecule has 1 saturated carbocycles. The van der Waals surface area contributed by atoms with Gasteiger partial charge in [0.2, 0.25) is 0 Å². The molecular weight excluding hydrogens is 372 g/mol. The first-order valence-corrected chi connectivity index (χ1v) is 8.01. The van der Waals surface area contributed by atoms with E-state index < -0.39 is 0 Å². The summed E-state index contributed by atoms with van der Waals surface area (Å²) in [6.07, 6.45) is 3.87. The predicted molar refractivity (Wildman–Crippen MR) is 75.0 cm³/mol. The second-order valence-corrected chi connectivity index (χ2v) is 8.72. The van der Waals surface area contributed by atoms with Crippen molar-refractivity contribution in [1.82, 2.24) is 0 Å². The van der Waals surface area contributed by atoms with E-state index in [-0.39, 0.29) is 4.32 Å². The Balaban J connectivity index is 2.64. The van der Waals surface area contributed by atoms with E-state index >= 15 is 0 Å². The zero-order chi connectivity index (χ0) is 11.0. The first-order valence-electron chi connectivity index (χ1n) is 5.18. The number of halogens is 3. The van der Waals surface area contributed by atoms with Crippen molar-refractivity contribution < 1.29 is 0 Å².